The van der Waals surface area contributed by atoms with Gasteiger partial charge in [-0.05, 0) is 37.0 Å². The van der Waals surface area contributed by atoms with Crippen LogP contribution < -0.4 is 4.90 Å². The molecule has 1 aromatic heterocycles. The lowest BCUT2D eigenvalue weighted by atomic mass is 10.1. The maximum absolute atomic E-state index is 12.4. The van der Waals surface area contributed by atoms with Gasteiger partial charge in [-0.3, -0.25) is 14.5 Å². The van der Waals surface area contributed by atoms with Gasteiger partial charge >= 0.3 is 5.97 Å². The second-order valence-electron chi connectivity index (χ2n) is 6.86. The minimum Gasteiger partial charge on any atom is -0.459 e. The highest BCUT2D eigenvalue weighted by atomic mass is 32.1. The van der Waals surface area contributed by atoms with Crippen LogP contribution in [0.5, 0.6) is 0 Å². The molecule has 5 nitrogen and oxygen atoms in total. The fourth-order valence-corrected chi connectivity index (χ4v) is 3.99. The van der Waals surface area contributed by atoms with Gasteiger partial charge in [0.25, 0.3) is 0 Å². The smallest absolute Gasteiger partial charge is 0.306 e. The van der Waals surface area contributed by atoms with Crippen molar-refractivity contribution in [3.63, 3.8) is 0 Å². The van der Waals surface area contributed by atoms with Gasteiger partial charge in [0.15, 0.2) is 5.13 Å². The van der Waals surface area contributed by atoms with E-state index in [2.05, 4.69) is 4.98 Å². The van der Waals surface area contributed by atoms with Gasteiger partial charge in [-0.25, -0.2) is 4.98 Å². The Morgan fingerprint density at radius 2 is 1.72 bits per heavy atom. The number of ether oxygens (including phenoxy) is 1. The van der Waals surface area contributed by atoms with Crippen molar-refractivity contribution in [3.05, 3.63) is 76.3 Å². The molecule has 3 rings (SSSR count). The van der Waals surface area contributed by atoms with Crippen LogP contribution in [0.1, 0.15) is 35.7 Å². The van der Waals surface area contributed by atoms with Crippen LogP contribution in [0.2, 0.25) is 0 Å². The number of benzene rings is 2. The van der Waals surface area contributed by atoms with Crippen molar-refractivity contribution in [2.45, 2.75) is 40.2 Å². The number of anilines is 2. The van der Waals surface area contributed by atoms with Gasteiger partial charge in [-0.1, -0.05) is 48.5 Å². The SMILES string of the molecule is CC(=O)N(c1nc(COC(=O)CCc2ccccc2)cs1)c1c(C)cccc1C. The van der Waals surface area contributed by atoms with Crippen LogP contribution in [0.15, 0.2) is 53.9 Å². The summed E-state index contributed by atoms with van der Waals surface area (Å²) < 4.78 is 5.36. The topological polar surface area (TPSA) is 59.5 Å². The van der Waals surface area contributed by atoms with Crippen molar-refractivity contribution in [2.24, 2.45) is 0 Å². The molecule has 0 saturated heterocycles. The van der Waals surface area contributed by atoms with E-state index in [1.807, 2.05) is 67.8 Å². The summed E-state index contributed by atoms with van der Waals surface area (Å²) in [6.45, 7) is 5.57. The van der Waals surface area contributed by atoms with Crippen LogP contribution in [0.25, 0.3) is 0 Å². The second-order valence-corrected chi connectivity index (χ2v) is 7.70. The Balaban J connectivity index is 1.64. The Morgan fingerprint density at radius 1 is 1.03 bits per heavy atom. The minimum absolute atomic E-state index is 0.0998. The van der Waals surface area contributed by atoms with Crippen LogP contribution in [-0.4, -0.2) is 16.9 Å². The van der Waals surface area contributed by atoms with E-state index in [-0.39, 0.29) is 18.5 Å². The van der Waals surface area contributed by atoms with E-state index in [1.165, 1.54) is 18.3 Å². The number of hydrogen-bond acceptors (Lipinski definition) is 5. The first-order chi connectivity index (χ1) is 14.0. The second kappa shape index (κ2) is 9.47. The predicted octanol–water partition coefficient (Wildman–Crippen LogP) is 5.12. The number of thiazole rings is 1. The van der Waals surface area contributed by atoms with Crippen LogP contribution in [-0.2, 0) is 27.4 Å². The van der Waals surface area contributed by atoms with Gasteiger partial charge in [-0.15, -0.1) is 11.3 Å². The summed E-state index contributed by atoms with van der Waals surface area (Å²) in [6.07, 6.45) is 0.968. The molecular weight excluding hydrogens is 384 g/mol. The van der Waals surface area contributed by atoms with Crippen molar-refractivity contribution in [2.75, 3.05) is 4.90 Å². The first-order valence-corrected chi connectivity index (χ1v) is 10.3. The first-order valence-electron chi connectivity index (χ1n) is 9.46. The number of hydrogen-bond donors (Lipinski definition) is 0. The molecule has 0 aliphatic heterocycles. The van der Waals surface area contributed by atoms with E-state index in [0.717, 1.165) is 22.4 Å². The quantitative estimate of drug-likeness (QED) is 0.509. The number of para-hydroxylation sites is 1. The van der Waals surface area contributed by atoms with Gasteiger partial charge in [-0.2, -0.15) is 0 Å². The summed E-state index contributed by atoms with van der Waals surface area (Å²) >= 11 is 1.36. The Morgan fingerprint density at radius 3 is 2.38 bits per heavy atom. The average Bonchev–Trinajstić information content (AvgIpc) is 3.16. The third kappa shape index (κ3) is 5.29. The summed E-state index contributed by atoms with van der Waals surface area (Å²) in [6, 6.07) is 15.7. The van der Waals surface area contributed by atoms with E-state index < -0.39 is 0 Å². The lowest BCUT2D eigenvalue weighted by molar-refractivity contribution is -0.145. The summed E-state index contributed by atoms with van der Waals surface area (Å²) in [7, 11) is 0. The lowest BCUT2D eigenvalue weighted by Gasteiger charge is -2.22. The molecule has 1 amide bonds. The molecule has 0 saturated carbocycles. The monoisotopic (exact) mass is 408 g/mol. The Kier molecular flexibility index (Phi) is 6.77. The molecule has 0 aliphatic carbocycles. The Hall–Kier alpha value is -2.99. The van der Waals surface area contributed by atoms with E-state index in [4.69, 9.17) is 4.74 Å². The van der Waals surface area contributed by atoms with Crippen molar-refractivity contribution in [3.8, 4) is 0 Å². The van der Waals surface area contributed by atoms with Crippen molar-refractivity contribution in [1.29, 1.82) is 0 Å². The van der Waals surface area contributed by atoms with Crippen LogP contribution in [0.4, 0.5) is 10.8 Å². The molecule has 0 fully saturated rings. The highest BCUT2D eigenvalue weighted by Gasteiger charge is 2.21. The summed E-state index contributed by atoms with van der Waals surface area (Å²) in [5.41, 5.74) is 4.59. The van der Waals surface area contributed by atoms with Crippen molar-refractivity contribution in [1.82, 2.24) is 4.98 Å². The number of carbonyl (C=O) groups is 2. The maximum atomic E-state index is 12.4. The number of amides is 1. The average molecular weight is 409 g/mol. The lowest BCUT2D eigenvalue weighted by Crippen LogP contribution is -2.24. The molecule has 2 aromatic carbocycles. The van der Waals surface area contributed by atoms with Crippen LogP contribution in [0.3, 0.4) is 0 Å². The molecule has 0 unspecified atom stereocenters. The zero-order valence-corrected chi connectivity index (χ0v) is 17.7. The number of rotatable bonds is 7. The molecular formula is C23H24N2O3S. The van der Waals surface area contributed by atoms with Gasteiger partial charge in [0.1, 0.15) is 6.61 Å². The molecule has 0 N–H and O–H groups in total. The highest BCUT2D eigenvalue weighted by molar-refractivity contribution is 7.14. The third-order valence-electron chi connectivity index (χ3n) is 4.55. The predicted molar refractivity (Wildman–Crippen MR) is 115 cm³/mol. The van der Waals surface area contributed by atoms with Gasteiger partial charge in [0, 0.05) is 18.7 Å². The molecule has 0 bridgehead atoms. The zero-order chi connectivity index (χ0) is 20.8. The highest BCUT2D eigenvalue weighted by Crippen LogP contribution is 2.33. The number of aryl methyl sites for hydroxylation is 3. The molecule has 0 aliphatic rings. The van der Waals surface area contributed by atoms with Crippen LogP contribution in [0, 0.1) is 13.8 Å². The van der Waals surface area contributed by atoms with E-state index >= 15 is 0 Å². The van der Waals surface area contributed by atoms with Crippen molar-refractivity contribution >= 4 is 34.0 Å². The number of esters is 1. The molecule has 0 spiro atoms. The largest absolute Gasteiger partial charge is 0.459 e. The molecule has 3 aromatic rings. The third-order valence-corrected chi connectivity index (χ3v) is 5.43. The molecule has 6 heteroatoms. The number of carbonyl (C=O) groups excluding carboxylic acids is 2. The molecule has 0 radical (unpaired) electrons. The van der Waals surface area contributed by atoms with Crippen molar-refractivity contribution < 1.29 is 14.3 Å². The summed E-state index contributed by atoms with van der Waals surface area (Å²) in [4.78, 5) is 30.5. The Labute approximate surface area is 175 Å². The normalized spacial score (nSPS) is 10.6. The number of nitrogens with zero attached hydrogens (tertiary/aromatic N) is 2. The van der Waals surface area contributed by atoms with Gasteiger partial charge < -0.3 is 4.74 Å². The van der Waals surface area contributed by atoms with E-state index in [0.29, 0.717) is 23.7 Å². The number of aromatic nitrogens is 1. The first kappa shape index (κ1) is 20.7. The van der Waals surface area contributed by atoms with Gasteiger partial charge in [0.2, 0.25) is 5.91 Å². The molecule has 1 heterocycles. The van der Waals surface area contributed by atoms with E-state index in [1.54, 1.807) is 4.90 Å². The van der Waals surface area contributed by atoms with Gasteiger partial charge in [0.05, 0.1) is 11.4 Å². The maximum Gasteiger partial charge on any atom is 0.306 e. The Bertz CT molecular complexity index is 978. The summed E-state index contributed by atoms with van der Waals surface area (Å²) in [5, 5.41) is 2.40. The minimum atomic E-state index is -0.262. The fourth-order valence-electron chi connectivity index (χ4n) is 3.13. The molecule has 0 atom stereocenters. The van der Waals surface area contributed by atoms with Crippen LogP contribution >= 0.6 is 11.3 Å². The fraction of sp³-hybridized carbons (Fsp3) is 0.261. The zero-order valence-electron chi connectivity index (χ0n) is 16.8. The standard InChI is InChI=1S/C23H24N2O3S/c1-16-8-7-9-17(2)22(16)25(18(3)26)23-24-20(15-29-23)14-28-21(27)13-12-19-10-5-4-6-11-19/h4-11,15H,12-14H2,1-3H3. The van der Waals surface area contributed by atoms with E-state index in [9.17, 15) is 9.59 Å². The molecule has 150 valence electrons. The molecule has 29 heavy (non-hydrogen) atoms. The summed E-state index contributed by atoms with van der Waals surface area (Å²) in [5.74, 6) is -0.371.